The summed E-state index contributed by atoms with van der Waals surface area (Å²) in [5.74, 6) is -0.341. The highest BCUT2D eigenvalue weighted by Crippen LogP contribution is 2.20. The molecule has 1 saturated heterocycles. The van der Waals surface area contributed by atoms with Gasteiger partial charge in [0.2, 0.25) is 0 Å². The number of aromatic nitrogens is 1. The van der Waals surface area contributed by atoms with E-state index >= 15 is 0 Å². The topological polar surface area (TPSA) is 76.9 Å². The molecule has 3 rings (SSSR count). The van der Waals surface area contributed by atoms with Crippen LogP contribution >= 0.6 is 0 Å². The quantitative estimate of drug-likeness (QED) is 0.780. The summed E-state index contributed by atoms with van der Waals surface area (Å²) in [7, 11) is 0. The Hall–Kier alpha value is -2.44. The number of aryl methyl sites for hydroxylation is 1. The molecule has 1 fully saturated rings. The number of hydrogen-bond acceptors (Lipinski definition) is 5. The SMILES string of the molecule is O=C(c1ncccc1O)N1CCN(CCCc2ccccc2)[C@@H](CCO)C1. The molecule has 1 amide bonds. The highest BCUT2D eigenvalue weighted by Gasteiger charge is 2.30. The zero-order valence-electron chi connectivity index (χ0n) is 15.5. The molecule has 0 aliphatic carbocycles. The lowest BCUT2D eigenvalue weighted by atomic mass is 10.1. The fourth-order valence-electron chi connectivity index (χ4n) is 3.64. The first kappa shape index (κ1) is 19.3. The van der Waals surface area contributed by atoms with Gasteiger partial charge >= 0.3 is 0 Å². The minimum absolute atomic E-state index is 0.0912. The Morgan fingerprint density at radius 1 is 1.15 bits per heavy atom. The molecule has 2 aromatic rings. The molecule has 0 saturated carbocycles. The number of carbonyl (C=O) groups excluding carboxylic acids is 1. The molecular formula is C21H27N3O3. The average molecular weight is 369 g/mol. The molecule has 1 aliphatic rings. The molecular weight excluding hydrogens is 342 g/mol. The summed E-state index contributed by atoms with van der Waals surface area (Å²) in [5, 5.41) is 19.3. The molecule has 27 heavy (non-hydrogen) atoms. The summed E-state index contributed by atoms with van der Waals surface area (Å²) in [6.07, 6.45) is 4.20. The van der Waals surface area contributed by atoms with Gasteiger partial charge in [-0.05, 0) is 43.5 Å². The van der Waals surface area contributed by atoms with Crippen molar-refractivity contribution in [2.45, 2.75) is 25.3 Å². The molecule has 0 radical (unpaired) electrons. The van der Waals surface area contributed by atoms with Crippen LogP contribution in [0.25, 0.3) is 0 Å². The Morgan fingerprint density at radius 3 is 2.70 bits per heavy atom. The van der Waals surface area contributed by atoms with Crippen LogP contribution in [0.15, 0.2) is 48.7 Å². The molecule has 0 spiro atoms. The van der Waals surface area contributed by atoms with Crippen molar-refractivity contribution in [3.05, 3.63) is 59.9 Å². The Balaban J connectivity index is 1.58. The first-order valence-corrected chi connectivity index (χ1v) is 9.51. The fourth-order valence-corrected chi connectivity index (χ4v) is 3.64. The van der Waals surface area contributed by atoms with Gasteiger partial charge in [0.05, 0.1) is 0 Å². The monoisotopic (exact) mass is 369 g/mol. The fraction of sp³-hybridized carbons (Fsp3) is 0.429. The van der Waals surface area contributed by atoms with E-state index in [0.717, 1.165) is 25.9 Å². The number of carbonyl (C=O) groups is 1. The maximum absolute atomic E-state index is 12.7. The zero-order chi connectivity index (χ0) is 19.1. The number of hydrogen-bond donors (Lipinski definition) is 2. The minimum atomic E-state index is -0.250. The van der Waals surface area contributed by atoms with Crippen LogP contribution in [0.2, 0.25) is 0 Å². The second-order valence-electron chi connectivity index (χ2n) is 6.91. The number of piperazine rings is 1. The van der Waals surface area contributed by atoms with Crippen molar-refractivity contribution in [1.82, 2.24) is 14.8 Å². The van der Waals surface area contributed by atoms with E-state index in [1.54, 1.807) is 11.0 Å². The number of benzene rings is 1. The van der Waals surface area contributed by atoms with Crippen LogP contribution < -0.4 is 0 Å². The minimum Gasteiger partial charge on any atom is -0.505 e. The van der Waals surface area contributed by atoms with E-state index < -0.39 is 0 Å². The van der Waals surface area contributed by atoms with Gasteiger partial charge in [0, 0.05) is 38.5 Å². The third-order valence-electron chi connectivity index (χ3n) is 5.10. The van der Waals surface area contributed by atoms with Gasteiger partial charge < -0.3 is 15.1 Å². The predicted molar refractivity (Wildman–Crippen MR) is 104 cm³/mol. The molecule has 1 aromatic heterocycles. The number of amides is 1. The van der Waals surface area contributed by atoms with Gasteiger partial charge in [-0.15, -0.1) is 0 Å². The molecule has 0 bridgehead atoms. The number of pyridine rings is 1. The second-order valence-corrected chi connectivity index (χ2v) is 6.91. The van der Waals surface area contributed by atoms with Crippen molar-refractivity contribution in [3.63, 3.8) is 0 Å². The van der Waals surface area contributed by atoms with Crippen molar-refractivity contribution >= 4 is 5.91 Å². The molecule has 0 unspecified atom stereocenters. The van der Waals surface area contributed by atoms with Gasteiger partial charge in [-0.3, -0.25) is 9.69 Å². The van der Waals surface area contributed by atoms with Gasteiger partial charge in [0.15, 0.2) is 5.69 Å². The van der Waals surface area contributed by atoms with Crippen molar-refractivity contribution in [2.24, 2.45) is 0 Å². The Bertz CT molecular complexity index is 738. The number of aromatic hydroxyl groups is 1. The zero-order valence-corrected chi connectivity index (χ0v) is 15.5. The smallest absolute Gasteiger partial charge is 0.276 e. The van der Waals surface area contributed by atoms with E-state index in [0.29, 0.717) is 19.5 Å². The third kappa shape index (κ3) is 5.05. The number of aliphatic hydroxyl groups excluding tert-OH is 1. The van der Waals surface area contributed by atoms with Crippen LogP contribution in [0.4, 0.5) is 0 Å². The lowest BCUT2D eigenvalue weighted by Gasteiger charge is -2.41. The van der Waals surface area contributed by atoms with Crippen LogP contribution in [-0.4, -0.2) is 69.7 Å². The van der Waals surface area contributed by atoms with Gasteiger partial charge in [-0.2, -0.15) is 0 Å². The molecule has 2 heterocycles. The molecule has 6 nitrogen and oxygen atoms in total. The van der Waals surface area contributed by atoms with Gasteiger partial charge in [0.25, 0.3) is 5.91 Å². The molecule has 1 aliphatic heterocycles. The summed E-state index contributed by atoms with van der Waals surface area (Å²) in [5.41, 5.74) is 1.42. The lowest BCUT2D eigenvalue weighted by Crippen LogP contribution is -2.55. The summed E-state index contributed by atoms with van der Waals surface area (Å²) in [6.45, 7) is 2.94. The van der Waals surface area contributed by atoms with Crippen molar-refractivity contribution < 1.29 is 15.0 Å². The summed E-state index contributed by atoms with van der Waals surface area (Å²) < 4.78 is 0. The average Bonchev–Trinajstić information content (AvgIpc) is 2.70. The highest BCUT2D eigenvalue weighted by molar-refractivity contribution is 5.94. The van der Waals surface area contributed by atoms with Gasteiger partial charge in [-0.25, -0.2) is 4.98 Å². The van der Waals surface area contributed by atoms with E-state index in [-0.39, 0.29) is 30.0 Å². The van der Waals surface area contributed by atoms with E-state index in [9.17, 15) is 15.0 Å². The summed E-state index contributed by atoms with van der Waals surface area (Å²) in [4.78, 5) is 20.8. The van der Waals surface area contributed by atoms with E-state index in [2.05, 4.69) is 34.1 Å². The Labute approximate surface area is 160 Å². The van der Waals surface area contributed by atoms with Crippen LogP contribution in [0.3, 0.4) is 0 Å². The first-order chi connectivity index (χ1) is 13.2. The lowest BCUT2D eigenvalue weighted by molar-refractivity contribution is 0.0412. The third-order valence-corrected chi connectivity index (χ3v) is 5.10. The Morgan fingerprint density at radius 2 is 1.96 bits per heavy atom. The first-order valence-electron chi connectivity index (χ1n) is 9.51. The van der Waals surface area contributed by atoms with Crippen LogP contribution in [0.5, 0.6) is 5.75 Å². The van der Waals surface area contributed by atoms with Crippen LogP contribution in [0, 0.1) is 0 Å². The highest BCUT2D eigenvalue weighted by atomic mass is 16.3. The number of rotatable bonds is 7. The Kier molecular flexibility index (Phi) is 6.79. The molecule has 2 N–H and O–H groups in total. The van der Waals surface area contributed by atoms with Gasteiger partial charge in [-0.1, -0.05) is 30.3 Å². The maximum atomic E-state index is 12.7. The van der Waals surface area contributed by atoms with Gasteiger partial charge in [0.1, 0.15) is 5.75 Å². The van der Waals surface area contributed by atoms with Crippen molar-refractivity contribution in [1.29, 1.82) is 0 Å². The summed E-state index contributed by atoms with van der Waals surface area (Å²) in [6, 6.07) is 13.6. The standard InChI is InChI=1S/C21H27N3O3/c25-15-10-18-16-24(21(27)20-19(26)9-4-11-22-20)14-13-23(18)12-5-8-17-6-2-1-3-7-17/h1-4,6-7,9,11,18,25-26H,5,8,10,12-16H2/t18-/m0/s1. The van der Waals surface area contributed by atoms with Crippen molar-refractivity contribution in [3.8, 4) is 5.75 Å². The van der Waals surface area contributed by atoms with Crippen LogP contribution in [0.1, 0.15) is 28.9 Å². The van der Waals surface area contributed by atoms with E-state index in [1.165, 1.54) is 17.8 Å². The van der Waals surface area contributed by atoms with Crippen molar-refractivity contribution in [2.75, 3.05) is 32.8 Å². The molecule has 144 valence electrons. The maximum Gasteiger partial charge on any atom is 0.276 e. The molecule has 1 aromatic carbocycles. The van der Waals surface area contributed by atoms with E-state index in [4.69, 9.17) is 0 Å². The van der Waals surface area contributed by atoms with Crippen LogP contribution in [-0.2, 0) is 6.42 Å². The number of aliphatic hydroxyl groups is 1. The second kappa shape index (κ2) is 9.48. The van der Waals surface area contributed by atoms with E-state index in [1.807, 2.05) is 6.07 Å². The largest absolute Gasteiger partial charge is 0.505 e. The molecule has 1 atom stereocenters. The predicted octanol–water partition coefficient (Wildman–Crippen LogP) is 1.93. The summed E-state index contributed by atoms with van der Waals surface area (Å²) >= 11 is 0. The number of nitrogens with zero attached hydrogens (tertiary/aromatic N) is 3. The normalized spacial score (nSPS) is 17.8. The molecule has 6 heteroatoms.